The van der Waals surface area contributed by atoms with E-state index in [1.807, 2.05) is 11.8 Å². The van der Waals surface area contributed by atoms with Gasteiger partial charge in [-0.3, -0.25) is 0 Å². The Hall–Kier alpha value is -6.09. The molecule has 0 heterocycles. The maximum atomic E-state index is 2.45. The topological polar surface area (TPSA) is 3.24 Å². The summed E-state index contributed by atoms with van der Waals surface area (Å²) in [5.74, 6) is 1.14. The smallest absolute Gasteiger partial charge is 0.0714 e. The fourth-order valence-electron chi connectivity index (χ4n) is 8.22. The maximum absolute atomic E-state index is 2.45. The summed E-state index contributed by atoms with van der Waals surface area (Å²) < 4.78 is 0. The van der Waals surface area contributed by atoms with E-state index in [0.29, 0.717) is 0 Å². The molecule has 9 rings (SSSR count). The average molecular weight is 712 g/mol. The molecule has 0 aliphatic heterocycles. The Bertz CT molecular complexity index is 2450. The summed E-state index contributed by atoms with van der Waals surface area (Å²) in [4.78, 5) is 3.73. The predicted octanol–water partition coefficient (Wildman–Crippen LogP) is 14.4. The molecule has 1 aliphatic rings. The first-order chi connectivity index (χ1) is 26.7. The van der Waals surface area contributed by atoms with Crippen LogP contribution in [0.4, 0.5) is 17.1 Å². The van der Waals surface area contributed by atoms with E-state index < -0.39 is 5.41 Å². The van der Waals surface area contributed by atoms with E-state index in [9.17, 15) is 0 Å². The van der Waals surface area contributed by atoms with Gasteiger partial charge in [-0.25, -0.2) is 0 Å². The Balaban J connectivity index is 1.20. The molecule has 1 nitrogen and oxygen atoms in total. The number of benzene rings is 8. The molecule has 8 aromatic rings. The number of hydrogen-bond acceptors (Lipinski definition) is 2. The Morgan fingerprint density at radius 1 is 0.407 bits per heavy atom. The highest BCUT2D eigenvalue weighted by atomic mass is 32.2. The number of thioether (sulfide) groups is 1. The molecule has 0 unspecified atom stereocenters. The summed E-state index contributed by atoms with van der Waals surface area (Å²) in [5, 5.41) is 0. The van der Waals surface area contributed by atoms with E-state index in [0.717, 1.165) is 22.8 Å². The van der Waals surface area contributed by atoms with E-state index >= 15 is 0 Å². The van der Waals surface area contributed by atoms with Crippen LogP contribution in [0.5, 0.6) is 0 Å². The molecule has 2 heteroatoms. The van der Waals surface area contributed by atoms with Crippen LogP contribution < -0.4 is 4.90 Å². The van der Waals surface area contributed by atoms with Crippen LogP contribution in [0.1, 0.15) is 35.6 Å². The number of hydrogen-bond donors (Lipinski definition) is 0. The first-order valence-corrected chi connectivity index (χ1v) is 19.9. The van der Waals surface area contributed by atoms with Gasteiger partial charge in [0.2, 0.25) is 0 Å². The molecule has 0 fully saturated rings. The second kappa shape index (κ2) is 14.7. The monoisotopic (exact) mass is 711 g/mol. The number of rotatable bonds is 10. The zero-order valence-electron chi connectivity index (χ0n) is 30.4. The molecule has 260 valence electrons. The van der Waals surface area contributed by atoms with E-state index in [1.165, 1.54) is 67.0 Å². The van der Waals surface area contributed by atoms with Crippen LogP contribution >= 0.6 is 11.8 Å². The minimum atomic E-state index is -0.473. The van der Waals surface area contributed by atoms with Gasteiger partial charge in [0, 0.05) is 22.0 Å². The Labute approximate surface area is 323 Å². The molecule has 0 N–H and O–H groups in total. The van der Waals surface area contributed by atoms with Crippen molar-refractivity contribution < 1.29 is 0 Å². The summed E-state index contributed by atoms with van der Waals surface area (Å²) >= 11 is 1.92. The van der Waals surface area contributed by atoms with Crippen molar-refractivity contribution in [3.8, 4) is 33.4 Å². The van der Waals surface area contributed by atoms with Gasteiger partial charge >= 0.3 is 0 Å². The molecule has 1 aliphatic carbocycles. The minimum Gasteiger partial charge on any atom is -0.310 e. The lowest BCUT2D eigenvalue weighted by molar-refractivity contribution is 0.768. The van der Waals surface area contributed by atoms with Crippen LogP contribution in [-0.2, 0) is 5.41 Å². The molecule has 0 spiro atoms. The molecule has 0 radical (unpaired) electrons. The number of fused-ring (bicyclic) bond motifs is 3. The standard InChI is InChI=1S/C52H41NS/c1-2-36-54-47-33-26-41(27-34-47)40-24-30-45(31-25-40)53(44-28-22-39(23-29-44)38-14-6-3-7-15-38)46-32-35-49-48-20-12-13-21-50(48)52(51(49)37-46,42-16-8-4-9-17-42)43-18-10-5-11-19-43/h3-35,37H,2,36H2,1H3. The molecule has 0 atom stereocenters. The molecule has 8 aromatic carbocycles. The molecule has 0 saturated carbocycles. The molecular formula is C52H41NS. The highest BCUT2D eigenvalue weighted by Crippen LogP contribution is 2.57. The number of nitrogens with zero attached hydrogens (tertiary/aromatic N) is 1. The third-order valence-electron chi connectivity index (χ3n) is 10.7. The quantitative estimate of drug-likeness (QED) is 0.130. The lowest BCUT2D eigenvalue weighted by atomic mass is 9.67. The van der Waals surface area contributed by atoms with E-state index in [4.69, 9.17) is 0 Å². The van der Waals surface area contributed by atoms with Crippen LogP contribution in [0.3, 0.4) is 0 Å². The van der Waals surface area contributed by atoms with Crippen molar-refractivity contribution in [2.24, 2.45) is 0 Å². The lowest BCUT2D eigenvalue weighted by Gasteiger charge is -2.35. The summed E-state index contributed by atoms with van der Waals surface area (Å²) in [6.07, 6.45) is 1.18. The lowest BCUT2D eigenvalue weighted by Crippen LogP contribution is -2.28. The van der Waals surface area contributed by atoms with Gasteiger partial charge in [-0.1, -0.05) is 165 Å². The summed E-state index contributed by atoms with van der Waals surface area (Å²) in [5.41, 5.74) is 15.4. The Morgan fingerprint density at radius 2 is 0.852 bits per heavy atom. The normalized spacial score (nSPS) is 12.5. The van der Waals surface area contributed by atoms with Crippen LogP contribution in [0.25, 0.3) is 33.4 Å². The van der Waals surface area contributed by atoms with Gasteiger partial charge in [0.25, 0.3) is 0 Å². The van der Waals surface area contributed by atoms with Gasteiger partial charge in [-0.2, -0.15) is 0 Å². The van der Waals surface area contributed by atoms with Gasteiger partial charge < -0.3 is 4.90 Å². The third kappa shape index (κ3) is 6.03. The minimum absolute atomic E-state index is 0.473. The largest absolute Gasteiger partial charge is 0.310 e. The van der Waals surface area contributed by atoms with Gasteiger partial charge in [-0.15, -0.1) is 11.8 Å². The highest BCUT2D eigenvalue weighted by molar-refractivity contribution is 7.99. The molecular weight excluding hydrogens is 671 g/mol. The zero-order valence-corrected chi connectivity index (χ0v) is 31.2. The van der Waals surface area contributed by atoms with E-state index in [1.54, 1.807) is 0 Å². The first-order valence-electron chi connectivity index (χ1n) is 18.9. The molecule has 0 bridgehead atoms. The van der Waals surface area contributed by atoms with E-state index in [2.05, 4.69) is 218 Å². The SMILES string of the molecule is CCCSc1ccc(-c2ccc(N(c3ccc(-c4ccccc4)cc3)c3ccc4c(c3)C(c3ccccc3)(c3ccccc3)c3ccccc3-4)cc2)cc1. The fraction of sp³-hybridized carbons (Fsp3) is 0.0769. The Morgan fingerprint density at radius 3 is 1.41 bits per heavy atom. The van der Waals surface area contributed by atoms with Gasteiger partial charge in [0.1, 0.15) is 0 Å². The molecule has 0 aromatic heterocycles. The van der Waals surface area contributed by atoms with Crippen molar-refractivity contribution in [3.05, 3.63) is 229 Å². The Kier molecular flexibility index (Phi) is 9.20. The fourth-order valence-corrected chi connectivity index (χ4v) is 8.99. The third-order valence-corrected chi connectivity index (χ3v) is 11.9. The predicted molar refractivity (Wildman–Crippen MR) is 230 cm³/mol. The molecule has 54 heavy (non-hydrogen) atoms. The second-order valence-electron chi connectivity index (χ2n) is 13.9. The zero-order chi connectivity index (χ0) is 36.3. The van der Waals surface area contributed by atoms with Crippen molar-refractivity contribution in [2.75, 3.05) is 10.7 Å². The van der Waals surface area contributed by atoms with Crippen LogP contribution in [0.2, 0.25) is 0 Å². The average Bonchev–Trinajstić information content (AvgIpc) is 3.55. The second-order valence-corrected chi connectivity index (χ2v) is 15.1. The molecule has 0 saturated heterocycles. The van der Waals surface area contributed by atoms with Gasteiger partial charge in [-0.05, 0) is 116 Å². The summed E-state index contributed by atoms with van der Waals surface area (Å²) in [6, 6.07) is 75.8. The molecule has 0 amide bonds. The van der Waals surface area contributed by atoms with Crippen LogP contribution in [0, 0.1) is 0 Å². The van der Waals surface area contributed by atoms with Crippen molar-refractivity contribution in [3.63, 3.8) is 0 Å². The highest BCUT2D eigenvalue weighted by Gasteiger charge is 2.46. The summed E-state index contributed by atoms with van der Waals surface area (Å²) in [7, 11) is 0. The summed E-state index contributed by atoms with van der Waals surface area (Å²) in [6.45, 7) is 2.23. The van der Waals surface area contributed by atoms with E-state index in [-0.39, 0.29) is 0 Å². The maximum Gasteiger partial charge on any atom is 0.0714 e. The van der Waals surface area contributed by atoms with Crippen molar-refractivity contribution in [1.82, 2.24) is 0 Å². The first kappa shape index (κ1) is 33.7. The van der Waals surface area contributed by atoms with Crippen LogP contribution in [0.15, 0.2) is 211 Å². The van der Waals surface area contributed by atoms with Gasteiger partial charge in [0.15, 0.2) is 0 Å². The van der Waals surface area contributed by atoms with Crippen molar-refractivity contribution in [2.45, 2.75) is 23.7 Å². The van der Waals surface area contributed by atoms with Gasteiger partial charge in [0.05, 0.1) is 5.41 Å². The van der Waals surface area contributed by atoms with Crippen molar-refractivity contribution in [1.29, 1.82) is 0 Å². The number of anilines is 3. The van der Waals surface area contributed by atoms with Crippen molar-refractivity contribution >= 4 is 28.8 Å². The van der Waals surface area contributed by atoms with Crippen LogP contribution in [-0.4, -0.2) is 5.75 Å².